The molecule has 1 unspecified atom stereocenters. The molecule has 4 rings (SSSR count). The maximum Gasteiger partial charge on any atom is 0.259 e. The monoisotopic (exact) mass is 341 g/mol. The first-order chi connectivity index (χ1) is 12.7. The van der Waals surface area contributed by atoms with Crippen LogP contribution in [0.2, 0.25) is 0 Å². The molecule has 0 aliphatic heterocycles. The lowest BCUT2D eigenvalue weighted by Crippen LogP contribution is -2.25. The van der Waals surface area contributed by atoms with Gasteiger partial charge >= 0.3 is 0 Å². The van der Waals surface area contributed by atoms with Crippen LogP contribution in [0.3, 0.4) is 0 Å². The first kappa shape index (κ1) is 16.1. The molecule has 0 fully saturated rings. The number of nitrogen functional groups attached to an aromatic ring is 1. The van der Waals surface area contributed by atoms with Crippen LogP contribution < -0.4 is 11.3 Å². The highest BCUT2D eigenvalue weighted by molar-refractivity contribution is 5.78. The third-order valence-corrected chi connectivity index (χ3v) is 4.57. The van der Waals surface area contributed by atoms with Gasteiger partial charge in [-0.25, -0.2) is 0 Å². The summed E-state index contributed by atoms with van der Waals surface area (Å²) in [5.41, 5.74) is 9.75. The molecule has 26 heavy (non-hydrogen) atoms. The van der Waals surface area contributed by atoms with Crippen molar-refractivity contribution in [1.82, 2.24) is 9.55 Å². The average molecular weight is 341 g/mol. The van der Waals surface area contributed by atoms with Crippen molar-refractivity contribution in [3.05, 3.63) is 95.6 Å². The van der Waals surface area contributed by atoms with Crippen molar-refractivity contribution in [2.24, 2.45) is 0 Å². The molecule has 1 aromatic carbocycles. The summed E-state index contributed by atoms with van der Waals surface area (Å²) in [6.45, 7) is 0. The van der Waals surface area contributed by atoms with Crippen molar-refractivity contribution in [2.45, 2.75) is 12.5 Å². The van der Waals surface area contributed by atoms with E-state index in [2.05, 4.69) is 11.1 Å². The van der Waals surface area contributed by atoms with Crippen LogP contribution >= 0.6 is 0 Å². The van der Waals surface area contributed by atoms with E-state index >= 15 is 0 Å². The molecule has 1 aliphatic carbocycles. The minimum Gasteiger partial charge on any atom is -0.398 e. The van der Waals surface area contributed by atoms with Gasteiger partial charge in [-0.2, -0.15) is 0 Å². The maximum absolute atomic E-state index is 13.2. The standard InChI is InChI=1S/C22H19N3O/c23-20-11-5-4-10-18(20)19-14-16(21-12-6-7-13-24-21)15-25(22(19)26)17-8-2-1-3-9-17/h1-8,10-15,17H,9,23H2. The number of para-hydroxylation sites is 1. The van der Waals surface area contributed by atoms with Crippen LogP contribution in [0.4, 0.5) is 5.69 Å². The molecule has 128 valence electrons. The molecule has 4 heteroatoms. The lowest BCUT2D eigenvalue weighted by Gasteiger charge is -2.19. The smallest absolute Gasteiger partial charge is 0.259 e. The summed E-state index contributed by atoms with van der Waals surface area (Å²) in [5.74, 6) is 0. The second kappa shape index (κ2) is 6.84. The van der Waals surface area contributed by atoms with Crippen LogP contribution in [0.1, 0.15) is 12.5 Å². The molecule has 1 aliphatic rings. The van der Waals surface area contributed by atoms with Crippen molar-refractivity contribution in [2.75, 3.05) is 5.73 Å². The van der Waals surface area contributed by atoms with E-state index in [-0.39, 0.29) is 11.6 Å². The molecule has 0 saturated carbocycles. The van der Waals surface area contributed by atoms with Gasteiger partial charge in [-0.05, 0) is 30.7 Å². The fraction of sp³-hybridized carbons (Fsp3) is 0.0909. The average Bonchev–Trinajstić information content (AvgIpc) is 2.70. The number of nitrogens with zero attached hydrogens (tertiary/aromatic N) is 2. The number of hydrogen-bond donors (Lipinski definition) is 1. The first-order valence-corrected chi connectivity index (χ1v) is 8.60. The molecule has 2 heterocycles. The largest absolute Gasteiger partial charge is 0.398 e. The zero-order valence-corrected chi connectivity index (χ0v) is 14.2. The van der Waals surface area contributed by atoms with Crippen LogP contribution in [0, 0.1) is 0 Å². The highest BCUT2D eigenvalue weighted by atomic mass is 16.1. The Morgan fingerprint density at radius 3 is 2.62 bits per heavy atom. The summed E-state index contributed by atoms with van der Waals surface area (Å²) < 4.78 is 1.78. The van der Waals surface area contributed by atoms with Crippen molar-refractivity contribution >= 4 is 5.69 Å². The number of anilines is 1. The van der Waals surface area contributed by atoms with Crippen LogP contribution in [0.25, 0.3) is 22.4 Å². The number of pyridine rings is 2. The Labute approximate surface area is 152 Å². The molecule has 0 bridgehead atoms. The molecule has 0 radical (unpaired) electrons. The number of aromatic nitrogens is 2. The minimum atomic E-state index is -0.0486. The van der Waals surface area contributed by atoms with Gasteiger partial charge in [-0.3, -0.25) is 9.78 Å². The molecule has 4 nitrogen and oxygen atoms in total. The Bertz CT molecular complexity index is 1050. The van der Waals surface area contributed by atoms with Gasteiger partial charge in [0.1, 0.15) is 0 Å². The van der Waals surface area contributed by atoms with Crippen molar-refractivity contribution < 1.29 is 0 Å². The predicted molar refractivity (Wildman–Crippen MR) is 106 cm³/mol. The minimum absolute atomic E-state index is 0.0140. The van der Waals surface area contributed by atoms with Crippen molar-refractivity contribution in [1.29, 1.82) is 0 Å². The number of hydrogen-bond acceptors (Lipinski definition) is 3. The van der Waals surface area contributed by atoms with Gasteiger partial charge in [0.25, 0.3) is 5.56 Å². The van der Waals surface area contributed by atoms with E-state index in [4.69, 9.17) is 5.73 Å². The second-order valence-corrected chi connectivity index (χ2v) is 6.27. The lowest BCUT2D eigenvalue weighted by molar-refractivity contribution is 0.588. The molecular formula is C22H19N3O. The summed E-state index contributed by atoms with van der Waals surface area (Å²) in [6, 6.07) is 15.1. The lowest BCUT2D eigenvalue weighted by atomic mass is 10.0. The topological polar surface area (TPSA) is 60.9 Å². The van der Waals surface area contributed by atoms with Crippen LogP contribution in [-0.2, 0) is 0 Å². The number of rotatable bonds is 3. The van der Waals surface area contributed by atoms with Gasteiger partial charge in [0.05, 0.1) is 11.7 Å². The molecular weight excluding hydrogens is 322 g/mol. The zero-order chi connectivity index (χ0) is 17.9. The van der Waals surface area contributed by atoms with Crippen LogP contribution in [0.5, 0.6) is 0 Å². The van der Waals surface area contributed by atoms with Gasteiger partial charge in [-0.1, -0.05) is 48.6 Å². The molecule has 2 aromatic heterocycles. The number of benzene rings is 1. The Morgan fingerprint density at radius 2 is 1.88 bits per heavy atom. The summed E-state index contributed by atoms with van der Waals surface area (Å²) in [7, 11) is 0. The van der Waals surface area contributed by atoms with E-state index in [1.165, 1.54) is 0 Å². The zero-order valence-electron chi connectivity index (χ0n) is 14.2. The van der Waals surface area contributed by atoms with Crippen molar-refractivity contribution in [3.8, 4) is 22.4 Å². The van der Waals surface area contributed by atoms with E-state index in [9.17, 15) is 4.79 Å². The maximum atomic E-state index is 13.2. The van der Waals surface area contributed by atoms with E-state index < -0.39 is 0 Å². The molecule has 0 saturated heterocycles. The Kier molecular flexibility index (Phi) is 4.23. The molecule has 0 spiro atoms. The molecule has 2 N–H and O–H groups in total. The molecule has 0 amide bonds. The SMILES string of the molecule is Nc1ccccc1-c1cc(-c2ccccn2)cn(C2C=CC=CC2)c1=O. The number of nitrogens with two attached hydrogens (primary N) is 1. The Balaban J connectivity index is 1.96. The Morgan fingerprint density at radius 1 is 1.04 bits per heavy atom. The van der Waals surface area contributed by atoms with Gasteiger partial charge in [0.15, 0.2) is 0 Å². The summed E-state index contributed by atoms with van der Waals surface area (Å²) in [6.07, 6.45) is 12.5. The van der Waals surface area contributed by atoms with Gasteiger partial charge in [-0.15, -0.1) is 0 Å². The van der Waals surface area contributed by atoms with E-state index in [1.807, 2.05) is 73.0 Å². The molecule has 3 aromatic rings. The fourth-order valence-corrected chi connectivity index (χ4v) is 3.23. The van der Waals surface area contributed by atoms with Crippen LogP contribution in [-0.4, -0.2) is 9.55 Å². The van der Waals surface area contributed by atoms with Gasteiger partial charge in [0.2, 0.25) is 0 Å². The highest BCUT2D eigenvalue weighted by Gasteiger charge is 2.17. The number of allylic oxidation sites excluding steroid dienone is 4. The van der Waals surface area contributed by atoms with E-state index in [1.54, 1.807) is 10.8 Å². The van der Waals surface area contributed by atoms with Crippen LogP contribution in [0.15, 0.2) is 90.0 Å². The summed E-state index contributed by atoms with van der Waals surface area (Å²) >= 11 is 0. The van der Waals surface area contributed by atoms with E-state index in [0.29, 0.717) is 11.3 Å². The first-order valence-electron chi connectivity index (χ1n) is 8.60. The van der Waals surface area contributed by atoms with E-state index in [0.717, 1.165) is 23.2 Å². The normalized spacial score (nSPS) is 15.9. The van der Waals surface area contributed by atoms with Gasteiger partial charge in [0, 0.05) is 34.8 Å². The highest BCUT2D eigenvalue weighted by Crippen LogP contribution is 2.28. The fourth-order valence-electron chi connectivity index (χ4n) is 3.23. The third-order valence-electron chi connectivity index (χ3n) is 4.57. The summed E-state index contributed by atoms with van der Waals surface area (Å²) in [4.78, 5) is 17.7. The van der Waals surface area contributed by atoms with Gasteiger partial charge < -0.3 is 10.3 Å². The Hall–Kier alpha value is -3.40. The second-order valence-electron chi connectivity index (χ2n) is 6.27. The quantitative estimate of drug-likeness (QED) is 0.726. The third kappa shape index (κ3) is 2.97. The van der Waals surface area contributed by atoms with Crippen molar-refractivity contribution in [3.63, 3.8) is 0 Å². The predicted octanol–water partition coefficient (Wildman–Crippen LogP) is 4.22. The molecule has 1 atom stereocenters. The summed E-state index contributed by atoms with van der Waals surface area (Å²) in [5, 5.41) is 0.